The standard InChI is InChI=1S/C11H18N4O4S/c12-20(17,18)10-2-1-9(19-10)11(16)14-5-8-15-6-3-13-4-7-15/h1-2,13H,3-8H2,(H,14,16)(H2,12,17,18). The molecule has 1 fully saturated rings. The van der Waals surface area contributed by atoms with Crippen LogP contribution in [0.5, 0.6) is 0 Å². The third kappa shape index (κ3) is 4.04. The van der Waals surface area contributed by atoms with Crippen molar-refractivity contribution in [3.8, 4) is 0 Å². The number of furan rings is 1. The Balaban J connectivity index is 1.81. The molecule has 1 saturated heterocycles. The molecule has 0 spiro atoms. The molecule has 0 unspecified atom stereocenters. The molecule has 9 heteroatoms. The fraction of sp³-hybridized carbons (Fsp3) is 0.545. The van der Waals surface area contributed by atoms with E-state index in [1.54, 1.807) is 0 Å². The molecule has 0 aromatic carbocycles. The normalized spacial score (nSPS) is 17.1. The van der Waals surface area contributed by atoms with Crippen LogP contribution in [0.3, 0.4) is 0 Å². The van der Waals surface area contributed by atoms with E-state index in [2.05, 4.69) is 15.5 Å². The summed E-state index contributed by atoms with van der Waals surface area (Å²) < 4.78 is 27.0. The maximum absolute atomic E-state index is 11.8. The topological polar surface area (TPSA) is 118 Å². The second-order valence-corrected chi connectivity index (χ2v) is 6.00. The molecule has 2 rings (SSSR count). The molecule has 1 aromatic heterocycles. The van der Waals surface area contributed by atoms with Gasteiger partial charge in [-0.2, -0.15) is 0 Å². The lowest BCUT2D eigenvalue weighted by atomic mass is 10.3. The number of hydrogen-bond donors (Lipinski definition) is 3. The third-order valence-electron chi connectivity index (χ3n) is 3.01. The molecular weight excluding hydrogens is 284 g/mol. The minimum Gasteiger partial charge on any atom is -0.438 e. The summed E-state index contributed by atoms with van der Waals surface area (Å²) in [6.07, 6.45) is 0. The molecule has 4 N–H and O–H groups in total. The molecule has 0 bridgehead atoms. The Morgan fingerprint density at radius 3 is 2.70 bits per heavy atom. The first kappa shape index (κ1) is 15.0. The average Bonchev–Trinajstić information content (AvgIpc) is 2.89. The number of carbonyl (C=O) groups is 1. The SMILES string of the molecule is NS(=O)(=O)c1ccc(C(=O)NCCN2CCNCC2)o1. The van der Waals surface area contributed by atoms with Crippen LogP contribution in [-0.4, -0.2) is 58.5 Å². The lowest BCUT2D eigenvalue weighted by Gasteiger charge is -2.26. The van der Waals surface area contributed by atoms with Crippen LogP contribution < -0.4 is 15.8 Å². The first-order chi connectivity index (χ1) is 9.47. The van der Waals surface area contributed by atoms with Crippen molar-refractivity contribution in [2.24, 2.45) is 5.14 Å². The highest BCUT2D eigenvalue weighted by Crippen LogP contribution is 2.11. The summed E-state index contributed by atoms with van der Waals surface area (Å²) in [7, 11) is -3.91. The maximum Gasteiger partial charge on any atom is 0.287 e. The highest BCUT2D eigenvalue weighted by atomic mass is 32.2. The van der Waals surface area contributed by atoms with E-state index in [1.165, 1.54) is 12.1 Å². The van der Waals surface area contributed by atoms with E-state index in [9.17, 15) is 13.2 Å². The number of sulfonamides is 1. The largest absolute Gasteiger partial charge is 0.438 e. The number of rotatable bonds is 5. The van der Waals surface area contributed by atoms with Gasteiger partial charge < -0.3 is 15.1 Å². The van der Waals surface area contributed by atoms with Crippen molar-refractivity contribution in [3.63, 3.8) is 0 Å². The maximum atomic E-state index is 11.8. The molecule has 0 aliphatic carbocycles. The van der Waals surface area contributed by atoms with Crippen LogP contribution in [0.25, 0.3) is 0 Å². The summed E-state index contributed by atoms with van der Waals surface area (Å²) in [6, 6.07) is 2.46. The number of primary sulfonamides is 1. The second-order valence-electron chi connectivity index (χ2n) is 4.51. The number of piperazine rings is 1. The molecule has 1 aromatic rings. The summed E-state index contributed by atoms with van der Waals surface area (Å²) >= 11 is 0. The highest BCUT2D eigenvalue weighted by Gasteiger charge is 2.17. The fourth-order valence-corrected chi connectivity index (χ4v) is 2.41. The summed E-state index contributed by atoms with van der Waals surface area (Å²) in [6.45, 7) is 5.02. The van der Waals surface area contributed by atoms with Crippen LogP contribution in [0, 0.1) is 0 Å². The minimum atomic E-state index is -3.91. The van der Waals surface area contributed by atoms with Crippen molar-refractivity contribution in [1.29, 1.82) is 0 Å². The zero-order valence-electron chi connectivity index (χ0n) is 11.0. The van der Waals surface area contributed by atoms with Crippen molar-refractivity contribution in [3.05, 3.63) is 17.9 Å². The molecule has 1 amide bonds. The monoisotopic (exact) mass is 302 g/mol. The summed E-state index contributed by atoms with van der Waals surface area (Å²) in [5, 5.41) is 10.4. The first-order valence-corrected chi connectivity index (χ1v) is 7.85. The summed E-state index contributed by atoms with van der Waals surface area (Å²) in [4.78, 5) is 14.0. The van der Waals surface area contributed by atoms with E-state index in [-0.39, 0.29) is 5.76 Å². The highest BCUT2D eigenvalue weighted by molar-refractivity contribution is 7.89. The average molecular weight is 302 g/mol. The molecule has 2 heterocycles. The predicted molar refractivity (Wildman–Crippen MR) is 71.7 cm³/mol. The molecule has 0 radical (unpaired) electrons. The van der Waals surface area contributed by atoms with Gasteiger partial charge >= 0.3 is 0 Å². The second kappa shape index (κ2) is 6.35. The van der Waals surface area contributed by atoms with Gasteiger partial charge in [0.25, 0.3) is 15.9 Å². The van der Waals surface area contributed by atoms with Gasteiger partial charge in [-0.1, -0.05) is 0 Å². The van der Waals surface area contributed by atoms with E-state index in [1.807, 2.05) is 0 Å². The van der Waals surface area contributed by atoms with Crippen LogP contribution in [0.2, 0.25) is 0 Å². The number of carbonyl (C=O) groups excluding carboxylic acids is 1. The summed E-state index contributed by atoms with van der Waals surface area (Å²) in [5.74, 6) is -0.510. The van der Waals surface area contributed by atoms with Crippen LogP contribution in [0.15, 0.2) is 21.6 Å². The zero-order valence-corrected chi connectivity index (χ0v) is 11.8. The number of nitrogens with zero attached hydrogens (tertiary/aromatic N) is 1. The van der Waals surface area contributed by atoms with Crippen molar-refractivity contribution in [2.75, 3.05) is 39.3 Å². The molecule has 112 valence electrons. The van der Waals surface area contributed by atoms with E-state index in [0.29, 0.717) is 6.54 Å². The Morgan fingerprint density at radius 1 is 1.40 bits per heavy atom. The van der Waals surface area contributed by atoms with Gasteiger partial charge in [0.05, 0.1) is 0 Å². The van der Waals surface area contributed by atoms with Gasteiger partial charge in [0.15, 0.2) is 5.76 Å². The van der Waals surface area contributed by atoms with Gasteiger partial charge in [-0.05, 0) is 12.1 Å². The Hall–Kier alpha value is -1.42. The number of nitrogens with one attached hydrogen (secondary N) is 2. The summed E-state index contributed by atoms with van der Waals surface area (Å²) in [5.41, 5.74) is 0. The Labute approximate surface area is 117 Å². The first-order valence-electron chi connectivity index (χ1n) is 6.31. The van der Waals surface area contributed by atoms with Gasteiger partial charge in [0.1, 0.15) is 0 Å². The molecular formula is C11H18N4O4S. The fourth-order valence-electron chi connectivity index (χ4n) is 1.94. The van der Waals surface area contributed by atoms with Crippen LogP contribution in [0.4, 0.5) is 0 Å². The number of hydrogen-bond acceptors (Lipinski definition) is 6. The van der Waals surface area contributed by atoms with Gasteiger partial charge in [0, 0.05) is 39.3 Å². The van der Waals surface area contributed by atoms with E-state index < -0.39 is 21.0 Å². The van der Waals surface area contributed by atoms with Gasteiger partial charge in [-0.3, -0.25) is 9.69 Å². The van der Waals surface area contributed by atoms with Crippen molar-refractivity contribution >= 4 is 15.9 Å². The van der Waals surface area contributed by atoms with Crippen molar-refractivity contribution in [1.82, 2.24) is 15.5 Å². The molecule has 0 saturated carbocycles. The quantitative estimate of drug-likeness (QED) is 0.613. The van der Waals surface area contributed by atoms with E-state index in [0.717, 1.165) is 32.7 Å². The lowest BCUT2D eigenvalue weighted by molar-refractivity contribution is 0.0914. The molecule has 1 aliphatic rings. The van der Waals surface area contributed by atoms with Crippen LogP contribution in [0.1, 0.15) is 10.6 Å². The molecule has 20 heavy (non-hydrogen) atoms. The van der Waals surface area contributed by atoms with Crippen LogP contribution >= 0.6 is 0 Å². The molecule has 1 aliphatic heterocycles. The molecule has 8 nitrogen and oxygen atoms in total. The van der Waals surface area contributed by atoms with Crippen molar-refractivity contribution in [2.45, 2.75) is 5.09 Å². The van der Waals surface area contributed by atoms with E-state index >= 15 is 0 Å². The third-order valence-corrected chi connectivity index (χ3v) is 3.79. The molecule has 0 atom stereocenters. The smallest absolute Gasteiger partial charge is 0.287 e. The number of amides is 1. The van der Waals surface area contributed by atoms with Crippen LogP contribution in [-0.2, 0) is 10.0 Å². The minimum absolute atomic E-state index is 0.0608. The Bertz CT molecular complexity index is 563. The van der Waals surface area contributed by atoms with Gasteiger partial charge in [-0.25, -0.2) is 13.6 Å². The lowest BCUT2D eigenvalue weighted by Crippen LogP contribution is -2.46. The van der Waals surface area contributed by atoms with Crippen molar-refractivity contribution < 1.29 is 17.6 Å². The Morgan fingerprint density at radius 2 is 2.10 bits per heavy atom. The van der Waals surface area contributed by atoms with E-state index in [4.69, 9.17) is 9.56 Å². The van der Waals surface area contributed by atoms with Gasteiger partial charge in [0.2, 0.25) is 5.09 Å². The Kier molecular flexibility index (Phi) is 4.76. The zero-order chi connectivity index (χ0) is 14.6. The van der Waals surface area contributed by atoms with Gasteiger partial charge in [-0.15, -0.1) is 0 Å². The number of nitrogens with two attached hydrogens (primary N) is 1. The predicted octanol–water partition coefficient (Wildman–Crippen LogP) is -1.44.